The monoisotopic (exact) mass is 408 g/mol. The third-order valence-electron chi connectivity index (χ3n) is 2.41. The van der Waals surface area contributed by atoms with E-state index in [9.17, 15) is 9.90 Å². The van der Waals surface area contributed by atoms with Gasteiger partial charge in [0.15, 0.2) is 5.76 Å². The Bertz CT molecular complexity index is 615. The predicted octanol–water partition coefficient (Wildman–Crippen LogP) is 0.663. The molecule has 20 heavy (non-hydrogen) atoms. The zero-order valence-electron chi connectivity index (χ0n) is 10.9. The van der Waals surface area contributed by atoms with E-state index < -0.39 is 0 Å². The Kier molecular flexibility index (Phi) is 6.68. The number of carbonyl (C=O) groups is 1. The van der Waals surface area contributed by atoms with Gasteiger partial charge in [-0.25, -0.2) is 4.99 Å². The minimum Gasteiger partial charge on any atom is -0.506 e. The van der Waals surface area contributed by atoms with Crippen molar-refractivity contribution < 1.29 is 44.2 Å². The normalized spacial score (nSPS) is 15.8. The Balaban J connectivity index is 0.00000200. The van der Waals surface area contributed by atoms with E-state index in [1.54, 1.807) is 24.3 Å². The second-order valence-corrected chi connectivity index (χ2v) is 5.41. The van der Waals surface area contributed by atoms with Crippen LogP contribution in [0.15, 0.2) is 50.1 Å². The Morgan fingerprint density at radius 1 is 1.20 bits per heavy atom. The molecule has 1 aliphatic rings. The summed E-state index contributed by atoms with van der Waals surface area (Å²) in [4.78, 5) is 15.8. The van der Waals surface area contributed by atoms with Crippen molar-refractivity contribution in [3.63, 3.8) is 0 Å². The van der Waals surface area contributed by atoms with Gasteiger partial charge in [0.2, 0.25) is 5.78 Å². The number of phenolic OH excluding ortho intramolecular Hbond substituents is 1. The topological polar surface area (TPSA) is 58.9 Å². The molecule has 0 saturated heterocycles. The first-order valence-corrected chi connectivity index (χ1v) is 6.84. The number of hydrogen-bond donors (Lipinski definition) is 1. The number of ketones is 1. The SMILES string of the molecule is COC1=CC(=Nc2cc(Br)c(O)c(Br)c2)C=CC1=O.[Na+]. The van der Waals surface area contributed by atoms with E-state index in [4.69, 9.17) is 4.74 Å². The van der Waals surface area contributed by atoms with Gasteiger partial charge in [0, 0.05) is 6.08 Å². The number of benzene rings is 1. The molecule has 1 aliphatic carbocycles. The van der Waals surface area contributed by atoms with Crippen LogP contribution in [0.3, 0.4) is 0 Å². The van der Waals surface area contributed by atoms with E-state index in [2.05, 4.69) is 36.9 Å². The first-order chi connectivity index (χ1) is 9.01. The average molecular weight is 410 g/mol. The summed E-state index contributed by atoms with van der Waals surface area (Å²) in [6.45, 7) is 0. The molecule has 1 aromatic rings. The van der Waals surface area contributed by atoms with Crippen LogP contribution >= 0.6 is 31.9 Å². The van der Waals surface area contributed by atoms with E-state index in [0.717, 1.165) is 0 Å². The molecule has 0 aliphatic heterocycles. The van der Waals surface area contributed by atoms with Gasteiger partial charge in [-0.3, -0.25) is 4.79 Å². The Morgan fingerprint density at radius 3 is 2.35 bits per heavy atom. The fraction of sp³-hybridized carbons (Fsp3) is 0.0769. The van der Waals surface area contributed by atoms with Crippen LogP contribution in [0, 0.1) is 0 Å². The molecule has 7 heteroatoms. The molecule has 0 heterocycles. The quantitative estimate of drug-likeness (QED) is 0.576. The van der Waals surface area contributed by atoms with Gasteiger partial charge < -0.3 is 9.84 Å². The Hall–Kier alpha value is -0.400. The summed E-state index contributed by atoms with van der Waals surface area (Å²) < 4.78 is 6.03. The third-order valence-corrected chi connectivity index (χ3v) is 3.62. The molecule has 1 N–H and O–H groups in total. The number of hydrogen-bond acceptors (Lipinski definition) is 4. The summed E-state index contributed by atoms with van der Waals surface area (Å²) in [5.74, 6) is 0.180. The van der Waals surface area contributed by atoms with Gasteiger partial charge in [-0.2, -0.15) is 0 Å². The molecular weight excluding hydrogens is 401 g/mol. The van der Waals surface area contributed by atoms with Crippen LogP contribution in [0.25, 0.3) is 0 Å². The number of halogens is 2. The van der Waals surface area contributed by atoms with E-state index >= 15 is 0 Å². The van der Waals surface area contributed by atoms with Crippen molar-refractivity contribution in [3.8, 4) is 5.75 Å². The number of allylic oxidation sites excluding steroid dienone is 3. The van der Waals surface area contributed by atoms with Crippen molar-refractivity contribution in [2.24, 2.45) is 4.99 Å². The summed E-state index contributed by atoms with van der Waals surface area (Å²) in [6.07, 6.45) is 4.58. The van der Waals surface area contributed by atoms with Crippen LogP contribution in [0.2, 0.25) is 0 Å². The van der Waals surface area contributed by atoms with Gasteiger partial charge in [-0.1, -0.05) is 0 Å². The maximum absolute atomic E-state index is 11.4. The molecule has 4 nitrogen and oxygen atoms in total. The molecule has 0 aromatic heterocycles. The summed E-state index contributed by atoms with van der Waals surface area (Å²) in [5.41, 5.74) is 1.23. The van der Waals surface area contributed by atoms with E-state index in [1.165, 1.54) is 13.2 Å². The minimum absolute atomic E-state index is 0. The first-order valence-electron chi connectivity index (χ1n) is 5.26. The maximum atomic E-state index is 11.4. The van der Waals surface area contributed by atoms with Gasteiger partial charge >= 0.3 is 29.6 Å². The average Bonchev–Trinajstić information content (AvgIpc) is 2.38. The zero-order valence-corrected chi connectivity index (χ0v) is 16.0. The number of aromatic hydroxyl groups is 1. The van der Waals surface area contributed by atoms with Gasteiger partial charge in [-0.05, 0) is 56.1 Å². The van der Waals surface area contributed by atoms with Crippen molar-refractivity contribution in [3.05, 3.63) is 45.1 Å². The largest absolute Gasteiger partial charge is 1.00 e. The van der Waals surface area contributed by atoms with Crippen molar-refractivity contribution in [2.75, 3.05) is 7.11 Å². The van der Waals surface area contributed by atoms with E-state index in [-0.39, 0.29) is 46.8 Å². The van der Waals surface area contributed by atoms with Crippen molar-refractivity contribution >= 4 is 49.0 Å². The fourth-order valence-corrected chi connectivity index (χ4v) is 2.65. The van der Waals surface area contributed by atoms with Gasteiger partial charge in [0.05, 0.1) is 27.5 Å². The van der Waals surface area contributed by atoms with Crippen LogP contribution in [0.1, 0.15) is 0 Å². The number of ether oxygens (including phenoxy) is 1. The molecule has 0 radical (unpaired) electrons. The Labute approximate surface area is 155 Å². The molecule has 0 atom stereocenters. The predicted molar refractivity (Wildman–Crippen MR) is 79.8 cm³/mol. The molecule has 0 unspecified atom stereocenters. The summed E-state index contributed by atoms with van der Waals surface area (Å²) in [7, 11) is 1.44. The zero-order chi connectivity index (χ0) is 14.0. The second-order valence-electron chi connectivity index (χ2n) is 3.70. The van der Waals surface area contributed by atoms with Crippen LogP contribution in [0.5, 0.6) is 5.75 Å². The van der Waals surface area contributed by atoms with Crippen LogP contribution in [-0.4, -0.2) is 23.7 Å². The number of phenols is 1. The van der Waals surface area contributed by atoms with Crippen LogP contribution < -0.4 is 29.6 Å². The molecule has 0 fully saturated rings. The molecule has 98 valence electrons. The summed E-state index contributed by atoms with van der Waals surface area (Å²) in [6, 6.07) is 3.36. The van der Waals surface area contributed by atoms with Crippen LogP contribution in [0.4, 0.5) is 5.69 Å². The standard InChI is InChI=1S/C13H9Br2NO3.Na/c1-19-12-6-7(2-3-11(12)17)16-8-4-9(14)13(18)10(15)5-8;/h2-6,18H,1H3;/q;+1. The second kappa shape index (κ2) is 7.56. The number of methoxy groups -OCH3 is 1. The molecule has 0 saturated carbocycles. The minimum atomic E-state index is -0.186. The molecular formula is C13H9Br2NNaO3+. The molecule has 0 spiro atoms. The summed E-state index contributed by atoms with van der Waals surface area (Å²) >= 11 is 6.47. The third kappa shape index (κ3) is 4.05. The fourth-order valence-electron chi connectivity index (χ4n) is 1.49. The Morgan fingerprint density at radius 2 is 1.80 bits per heavy atom. The van der Waals surface area contributed by atoms with Gasteiger partial charge in [-0.15, -0.1) is 0 Å². The first kappa shape index (κ1) is 17.7. The summed E-state index contributed by atoms with van der Waals surface area (Å²) in [5, 5.41) is 9.62. The number of carbonyl (C=O) groups excluding carboxylic acids is 1. The molecule has 1 aromatic carbocycles. The van der Waals surface area contributed by atoms with Crippen molar-refractivity contribution in [1.29, 1.82) is 0 Å². The number of rotatable bonds is 2. The van der Waals surface area contributed by atoms with Crippen LogP contribution in [-0.2, 0) is 9.53 Å². The number of nitrogens with zero attached hydrogens (tertiary/aromatic N) is 1. The van der Waals surface area contributed by atoms with Gasteiger partial charge in [0.1, 0.15) is 5.75 Å². The number of aliphatic imine (C=N–C) groups is 1. The molecule has 0 amide bonds. The van der Waals surface area contributed by atoms with E-state index in [1.807, 2.05) is 0 Å². The van der Waals surface area contributed by atoms with Gasteiger partial charge in [0.25, 0.3) is 0 Å². The molecule has 0 bridgehead atoms. The van der Waals surface area contributed by atoms with Crippen molar-refractivity contribution in [1.82, 2.24) is 0 Å². The maximum Gasteiger partial charge on any atom is 1.00 e. The van der Waals surface area contributed by atoms with E-state index in [0.29, 0.717) is 20.3 Å². The molecule has 2 rings (SSSR count). The van der Waals surface area contributed by atoms with Crippen molar-refractivity contribution in [2.45, 2.75) is 0 Å². The smallest absolute Gasteiger partial charge is 0.506 e.